The van der Waals surface area contributed by atoms with Crippen LogP contribution in [-0.4, -0.2) is 28.6 Å². The van der Waals surface area contributed by atoms with E-state index in [1.165, 1.54) is 25.3 Å². The number of aromatic nitrogens is 3. The van der Waals surface area contributed by atoms with E-state index in [9.17, 15) is 8.78 Å². The van der Waals surface area contributed by atoms with Gasteiger partial charge in [-0.1, -0.05) is 31.4 Å². The molecule has 0 radical (unpaired) electrons. The smallest absolute Gasteiger partial charge is 0.166 e. The summed E-state index contributed by atoms with van der Waals surface area (Å²) in [5.74, 6) is 0.313. The van der Waals surface area contributed by atoms with Crippen LogP contribution in [0.2, 0.25) is 0 Å². The maximum atomic E-state index is 14.7. The van der Waals surface area contributed by atoms with Crippen molar-refractivity contribution in [1.29, 1.82) is 0 Å². The molecule has 5 nitrogen and oxygen atoms in total. The van der Waals surface area contributed by atoms with Gasteiger partial charge in [-0.25, -0.2) is 18.7 Å². The fraction of sp³-hybridized carbons (Fsp3) is 0.296. The third kappa shape index (κ3) is 4.42. The molecule has 5 rings (SSSR count). The maximum absolute atomic E-state index is 14.7. The van der Waals surface area contributed by atoms with Crippen LogP contribution < -0.4 is 10.1 Å². The van der Waals surface area contributed by atoms with Crippen molar-refractivity contribution in [3.8, 4) is 28.3 Å². The molecule has 1 fully saturated rings. The molecule has 0 unspecified atom stereocenters. The van der Waals surface area contributed by atoms with Crippen LogP contribution in [0.1, 0.15) is 32.1 Å². The Morgan fingerprint density at radius 3 is 2.62 bits per heavy atom. The van der Waals surface area contributed by atoms with Crippen LogP contribution in [0.5, 0.6) is 5.75 Å². The molecule has 0 bridgehead atoms. The van der Waals surface area contributed by atoms with Crippen LogP contribution in [0.15, 0.2) is 54.9 Å². The molecule has 1 saturated carbocycles. The second-order valence-electron chi connectivity index (χ2n) is 8.67. The number of fused-ring (bicyclic) bond motifs is 1. The van der Waals surface area contributed by atoms with E-state index in [0.29, 0.717) is 46.4 Å². The average Bonchev–Trinajstić information content (AvgIpc) is 2.89. The van der Waals surface area contributed by atoms with Gasteiger partial charge in [-0.15, -0.1) is 0 Å². The lowest BCUT2D eigenvalue weighted by Gasteiger charge is -2.22. The van der Waals surface area contributed by atoms with Gasteiger partial charge in [0, 0.05) is 36.0 Å². The normalized spacial score (nSPS) is 14.3. The number of hydrogen-bond acceptors (Lipinski definition) is 5. The number of benzene rings is 2. The molecule has 2 aromatic carbocycles. The first-order chi connectivity index (χ1) is 16.6. The van der Waals surface area contributed by atoms with Crippen LogP contribution in [0.25, 0.3) is 33.4 Å². The Morgan fingerprint density at radius 2 is 1.85 bits per heavy atom. The van der Waals surface area contributed by atoms with Gasteiger partial charge < -0.3 is 10.1 Å². The van der Waals surface area contributed by atoms with Gasteiger partial charge in [-0.2, -0.15) is 0 Å². The molecule has 0 aliphatic heterocycles. The first-order valence-electron chi connectivity index (χ1n) is 11.6. The first-order valence-corrected chi connectivity index (χ1v) is 11.6. The zero-order valence-corrected chi connectivity index (χ0v) is 19.0. The van der Waals surface area contributed by atoms with Gasteiger partial charge in [0.25, 0.3) is 0 Å². The van der Waals surface area contributed by atoms with Gasteiger partial charge in [-0.05, 0) is 54.7 Å². The van der Waals surface area contributed by atoms with Crippen molar-refractivity contribution in [2.24, 2.45) is 5.92 Å². The predicted molar refractivity (Wildman–Crippen MR) is 130 cm³/mol. The summed E-state index contributed by atoms with van der Waals surface area (Å²) in [7, 11) is 1.77. The van der Waals surface area contributed by atoms with Gasteiger partial charge in [0.15, 0.2) is 17.5 Å². The molecule has 1 aliphatic carbocycles. The molecule has 0 atom stereocenters. The van der Waals surface area contributed by atoms with Crippen molar-refractivity contribution in [3.05, 3.63) is 66.5 Å². The van der Waals surface area contributed by atoms with Crippen molar-refractivity contribution >= 4 is 16.7 Å². The van der Waals surface area contributed by atoms with Gasteiger partial charge >= 0.3 is 0 Å². The summed E-state index contributed by atoms with van der Waals surface area (Å²) in [6, 6.07) is 11.4. The highest BCUT2D eigenvalue weighted by Crippen LogP contribution is 2.37. The van der Waals surface area contributed by atoms with E-state index < -0.39 is 11.6 Å². The predicted octanol–water partition coefficient (Wildman–Crippen LogP) is 6.64. The Balaban J connectivity index is 1.67. The standard InChI is InChI=1S/C27H26F2N4O/c1-30-27-21-13-19(20-10-5-11-22(28)24(20)29)14-23(34-16-17-7-3-2-4-8-17)25(21)32-26(33-27)18-9-6-12-31-15-18/h5-6,9-15,17H,2-4,7-8,16H2,1H3,(H,30,32,33). The SMILES string of the molecule is CNc1nc(-c2cccnc2)nc2c(OCC3CCCCC3)cc(-c3cccc(F)c3F)cc12. The highest BCUT2D eigenvalue weighted by Gasteiger charge is 2.20. The van der Waals surface area contributed by atoms with E-state index in [2.05, 4.69) is 15.3 Å². The van der Waals surface area contributed by atoms with E-state index in [0.717, 1.165) is 24.5 Å². The van der Waals surface area contributed by atoms with Crippen LogP contribution >= 0.6 is 0 Å². The van der Waals surface area contributed by atoms with E-state index in [4.69, 9.17) is 9.72 Å². The number of ether oxygens (including phenoxy) is 1. The minimum atomic E-state index is -0.890. The minimum absolute atomic E-state index is 0.169. The molecule has 4 aromatic rings. The highest BCUT2D eigenvalue weighted by molar-refractivity contribution is 5.97. The number of hydrogen-bond donors (Lipinski definition) is 1. The molecular weight excluding hydrogens is 434 g/mol. The van der Waals surface area contributed by atoms with Crippen molar-refractivity contribution in [2.45, 2.75) is 32.1 Å². The van der Waals surface area contributed by atoms with Crippen molar-refractivity contribution in [3.63, 3.8) is 0 Å². The van der Waals surface area contributed by atoms with Crippen LogP contribution in [0.4, 0.5) is 14.6 Å². The van der Waals surface area contributed by atoms with E-state index >= 15 is 0 Å². The second kappa shape index (κ2) is 9.71. The monoisotopic (exact) mass is 460 g/mol. The summed E-state index contributed by atoms with van der Waals surface area (Å²) in [5.41, 5.74) is 2.08. The number of nitrogens with one attached hydrogen (secondary N) is 1. The lowest BCUT2D eigenvalue weighted by molar-refractivity contribution is 0.210. The molecule has 34 heavy (non-hydrogen) atoms. The Bertz CT molecular complexity index is 1310. The topological polar surface area (TPSA) is 59.9 Å². The summed E-state index contributed by atoms with van der Waals surface area (Å²) in [4.78, 5) is 13.7. The number of anilines is 1. The van der Waals surface area contributed by atoms with Crippen molar-refractivity contribution < 1.29 is 13.5 Å². The third-order valence-electron chi connectivity index (χ3n) is 6.38. The van der Waals surface area contributed by atoms with Crippen LogP contribution in [-0.2, 0) is 0 Å². The van der Waals surface area contributed by atoms with E-state index in [1.807, 2.05) is 12.1 Å². The Hall–Kier alpha value is -3.61. The molecule has 2 aromatic heterocycles. The average molecular weight is 461 g/mol. The zero-order chi connectivity index (χ0) is 23.5. The first kappa shape index (κ1) is 22.2. The quantitative estimate of drug-likeness (QED) is 0.350. The second-order valence-corrected chi connectivity index (χ2v) is 8.67. The molecular formula is C27H26F2N4O. The number of rotatable bonds is 6. The Morgan fingerprint density at radius 1 is 1.00 bits per heavy atom. The van der Waals surface area contributed by atoms with Gasteiger partial charge in [0.2, 0.25) is 0 Å². The Labute approximate surface area is 197 Å². The number of halogens is 2. The van der Waals surface area contributed by atoms with Crippen molar-refractivity contribution in [2.75, 3.05) is 19.0 Å². The largest absolute Gasteiger partial charge is 0.491 e. The van der Waals surface area contributed by atoms with E-state index in [-0.39, 0.29) is 5.56 Å². The molecule has 0 spiro atoms. The maximum Gasteiger partial charge on any atom is 0.166 e. The zero-order valence-electron chi connectivity index (χ0n) is 19.0. The molecule has 2 heterocycles. The van der Waals surface area contributed by atoms with Crippen LogP contribution in [0, 0.1) is 17.6 Å². The van der Waals surface area contributed by atoms with Gasteiger partial charge in [0.05, 0.1) is 6.61 Å². The molecule has 0 saturated heterocycles. The highest BCUT2D eigenvalue weighted by atomic mass is 19.2. The van der Waals surface area contributed by atoms with Crippen LogP contribution in [0.3, 0.4) is 0 Å². The lowest BCUT2D eigenvalue weighted by atomic mass is 9.90. The molecule has 1 N–H and O–H groups in total. The fourth-order valence-corrected chi connectivity index (χ4v) is 4.57. The van der Waals surface area contributed by atoms with E-state index in [1.54, 1.807) is 37.6 Å². The third-order valence-corrected chi connectivity index (χ3v) is 6.38. The fourth-order valence-electron chi connectivity index (χ4n) is 4.57. The molecule has 174 valence electrons. The summed E-state index contributed by atoms with van der Waals surface area (Å²) < 4.78 is 35.0. The molecule has 1 aliphatic rings. The summed E-state index contributed by atoms with van der Waals surface area (Å²) in [5, 5.41) is 3.80. The lowest BCUT2D eigenvalue weighted by Crippen LogP contribution is -2.15. The Kier molecular flexibility index (Phi) is 6.34. The number of pyridine rings is 1. The minimum Gasteiger partial charge on any atom is -0.491 e. The molecule has 0 amide bonds. The molecule has 7 heteroatoms. The summed E-state index contributed by atoms with van der Waals surface area (Å²) >= 11 is 0. The summed E-state index contributed by atoms with van der Waals surface area (Å²) in [6.07, 6.45) is 9.35. The van der Waals surface area contributed by atoms with Gasteiger partial charge in [0.1, 0.15) is 17.1 Å². The van der Waals surface area contributed by atoms with Crippen molar-refractivity contribution in [1.82, 2.24) is 15.0 Å². The van der Waals surface area contributed by atoms with Gasteiger partial charge in [-0.3, -0.25) is 4.98 Å². The number of nitrogens with zero attached hydrogens (tertiary/aromatic N) is 3. The summed E-state index contributed by atoms with van der Waals surface area (Å²) in [6.45, 7) is 0.561.